The number of ether oxygens (including phenoxy) is 1. The molecule has 1 aliphatic carbocycles. The molecule has 0 aromatic heterocycles. The van der Waals surface area contributed by atoms with Crippen LogP contribution in [0.4, 0.5) is 0 Å². The zero-order valence-electron chi connectivity index (χ0n) is 6.72. The summed E-state index contributed by atoms with van der Waals surface area (Å²) in [5, 5.41) is 12.0. The predicted molar refractivity (Wildman–Crippen MR) is 42.7 cm³/mol. The van der Waals surface area contributed by atoms with Crippen LogP contribution in [0.1, 0.15) is 6.42 Å². The number of methoxy groups -OCH3 is 1. The first-order valence-electron chi connectivity index (χ1n) is 3.46. The number of nitrogens with one attached hydrogen (secondary N) is 1. The molecule has 11 heavy (non-hydrogen) atoms. The van der Waals surface area contributed by atoms with Gasteiger partial charge < -0.3 is 15.2 Å². The Morgan fingerprint density at radius 2 is 2.36 bits per heavy atom. The molecule has 0 aromatic rings. The maximum atomic E-state index is 9.10. The summed E-state index contributed by atoms with van der Waals surface area (Å²) in [6, 6.07) is 0. The highest BCUT2D eigenvalue weighted by molar-refractivity contribution is 5.31. The van der Waals surface area contributed by atoms with Crippen LogP contribution >= 0.6 is 0 Å². The molecule has 0 heterocycles. The summed E-state index contributed by atoms with van der Waals surface area (Å²) in [5.41, 5.74) is 0.840. The van der Waals surface area contributed by atoms with E-state index in [9.17, 15) is 0 Å². The summed E-state index contributed by atoms with van der Waals surface area (Å²) in [6.07, 6.45) is 4.00. The van der Waals surface area contributed by atoms with Crippen molar-refractivity contribution in [2.75, 3.05) is 14.2 Å². The highest BCUT2D eigenvalue weighted by Gasteiger charge is 2.11. The molecule has 2 N–H and O–H groups in total. The van der Waals surface area contributed by atoms with E-state index in [1.807, 2.05) is 0 Å². The largest absolute Gasteiger partial charge is 0.512 e. The summed E-state index contributed by atoms with van der Waals surface area (Å²) in [7, 11) is 3.42. The van der Waals surface area contributed by atoms with Crippen LogP contribution in [0.3, 0.4) is 0 Å². The molecule has 0 bridgehead atoms. The van der Waals surface area contributed by atoms with Crippen molar-refractivity contribution < 1.29 is 9.84 Å². The molecule has 0 atom stereocenters. The molecule has 0 saturated heterocycles. The van der Waals surface area contributed by atoms with Crippen molar-refractivity contribution >= 4 is 0 Å². The van der Waals surface area contributed by atoms with Gasteiger partial charge in [0.25, 0.3) is 0 Å². The zero-order valence-corrected chi connectivity index (χ0v) is 6.72. The number of hydrogen-bond acceptors (Lipinski definition) is 3. The fourth-order valence-corrected chi connectivity index (χ4v) is 0.999. The van der Waals surface area contributed by atoms with Gasteiger partial charge in [0.05, 0.1) is 18.6 Å². The minimum atomic E-state index is 0.287. The van der Waals surface area contributed by atoms with Crippen LogP contribution in [0.5, 0.6) is 0 Å². The Balaban J connectivity index is 2.83. The topological polar surface area (TPSA) is 41.5 Å². The van der Waals surface area contributed by atoms with Crippen molar-refractivity contribution in [2.45, 2.75) is 6.42 Å². The average Bonchev–Trinajstić information content (AvgIpc) is 2.04. The van der Waals surface area contributed by atoms with Gasteiger partial charge in [-0.3, -0.25) is 0 Å². The van der Waals surface area contributed by atoms with Crippen molar-refractivity contribution in [3.8, 4) is 0 Å². The second-order valence-corrected chi connectivity index (χ2v) is 2.27. The number of aliphatic hydroxyl groups excluding tert-OH is 1. The van der Waals surface area contributed by atoms with Crippen molar-refractivity contribution in [3.05, 3.63) is 29.7 Å². The Morgan fingerprint density at radius 3 is 2.91 bits per heavy atom. The van der Waals surface area contributed by atoms with Gasteiger partial charge in [-0.2, -0.15) is 0 Å². The molecule has 3 nitrogen and oxygen atoms in total. The Hall–Kier alpha value is -1.12. The second-order valence-electron chi connectivity index (χ2n) is 2.27. The minimum absolute atomic E-state index is 0.287. The lowest BCUT2D eigenvalue weighted by molar-refractivity contribution is 0.270. The second kappa shape index (κ2) is 3.32. The van der Waals surface area contributed by atoms with Crippen LogP contribution in [-0.2, 0) is 4.74 Å². The van der Waals surface area contributed by atoms with Gasteiger partial charge in [0.1, 0.15) is 5.76 Å². The van der Waals surface area contributed by atoms with Gasteiger partial charge in [-0.25, -0.2) is 0 Å². The molecule has 61 valence electrons. The first-order valence-corrected chi connectivity index (χ1v) is 3.46. The van der Waals surface area contributed by atoms with Crippen molar-refractivity contribution in [1.82, 2.24) is 5.32 Å². The van der Waals surface area contributed by atoms with Gasteiger partial charge in [0.2, 0.25) is 0 Å². The monoisotopic (exact) mass is 154 g/mol. The van der Waals surface area contributed by atoms with E-state index in [4.69, 9.17) is 9.84 Å². The molecule has 1 aliphatic rings. The number of allylic oxidation sites excluding steroid dienone is 3. The Kier molecular flexibility index (Phi) is 2.41. The quantitative estimate of drug-likeness (QED) is 0.626. The van der Waals surface area contributed by atoms with E-state index in [-0.39, 0.29) is 5.76 Å². The zero-order chi connectivity index (χ0) is 8.27. The van der Waals surface area contributed by atoms with Gasteiger partial charge >= 0.3 is 0 Å². The lowest BCUT2D eigenvalue weighted by Gasteiger charge is -2.15. The van der Waals surface area contributed by atoms with E-state index in [1.54, 1.807) is 26.7 Å². The first-order chi connectivity index (χ1) is 5.27. The Bertz CT molecular complexity index is 206. The smallest absolute Gasteiger partial charge is 0.119 e. The fourth-order valence-electron chi connectivity index (χ4n) is 0.999. The van der Waals surface area contributed by atoms with Crippen molar-refractivity contribution in [2.24, 2.45) is 0 Å². The number of hydrogen-bond donors (Lipinski definition) is 2. The lowest BCUT2D eigenvalue weighted by Crippen LogP contribution is -2.12. The van der Waals surface area contributed by atoms with Crippen LogP contribution in [0.25, 0.3) is 0 Å². The van der Waals surface area contributed by atoms with Gasteiger partial charge in [-0.05, 0) is 0 Å². The van der Waals surface area contributed by atoms with Crippen LogP contribution in [0, 0.1) is 6.42 Å². The molecular weight excluding hydrogens is 142 g/mol. The van der Waals surface area contributed by atoms with E-state index < -0.39 is 0 Å². The third kappa shape index (κ3) is 1.67. The highest BCUT2D eigenvalue weighted by atomic mass is 16.5. The summed E-state index contributed by atoms with van der Waals surface area (Å²) in [5.74, 6) is 1.14. The van der Waals surface area contributed by atoms with Gasteiger partial charge in [-0.1, -0.05) is 0 Å². The molecule has 0 unspecified atom stereocenters. The van der Waals surface area contributed by atoms with E-state index >= 15 is 0 Å². The molecule has 0 fully saturated rings. The van der Waals surface area contributed by atoms with Gasteiger partial charge in [0, 0.05) is 26.0 Å². The maximum absolute atomic E-state index is 9.10. The SMILES string of the molecule is CNC1=C(OC)C[CH]C(O)=C1. The average molecular weight is 154 g/mol. The number of aliphatic hydroxyl groups is 1. The molecule has 3 heteroatoms. The maximum Gasteiger partial charge on any atom is 0.119 e. The minimum Gasteiger partial charge on any atom is -0.512 e. The summed E-state index contributed by atoms with van der Waals surface area (Å²) in [6.45, 7) is 0. The summed E-state index contributed by atoms with van der Waals surface area (Å²) in [4.78, 5) is 0. The summed E-state index contributed by atoms with van der Waals surface area (Å²) < 4.78 is 5.07. The van der Waals surface area contributed by atoms with Gasteiger partial charge in [0.15, 0.2) is 0 Å². The lowest BCUT2D eigenvalue weighted by atomic mass is 10.1. The van der Waals surface area contributed by atoms with E-state index in [1.165, 1.54) is 0 Å². The molecule has 0 spiro atoms. The van der Waals surface area contributed by atoms with Crippen LogP contribution in [0.2, 0.25) is 0 Å². The fraction of sp³-hybridized carbons (Fsp3) is 0.375. The van der Waals surface area contributed by atoms with E-state index in [2.05, 4.69) is 5.32 Å². The molecule has 1 radical (unpaired) electrons. The highest BCUT2D eigenvalue weighted by Crippen LogP contribution is 2.19. The third-order valence-corrected chi connectivity index (χ3v) is 1.60. The van der Waals surface area contributed by atoms with Crippen molar-refractivity contribution in [1.29, 1.82) is 0 Å². The van der Waals surface area contributed by atoms with Crippen LogP contribution < -0.4 is 5.32 Å². The number of likely N-dealkylation sites (N-methyl/N-ethyl adjacent to an activating group) is 1. The molecular formula is C8H12NO2. The van der Waals surface area contributed by atoms with Crippen molar-refractivity contribution in [3.63, 3.8) is 0 Å². The molecule has 1 rings (SSSR count). The van der Waals surface area contributed by atoms with Crippen LogP contribution in [-0.4, -0.2) is 19.3 Å². The Morgan fingerprint density at radius 1 is 1.64 bits per heavy atom. The molecule has 0 aliphatic heterocycles. The van der Waals surface area contributed by atoms with Crippen LogP contribution in [0.15, 0.2) is 23.3 Å². The third-order valence-electron chi connectivity index (χ3n) is 1.60. The number of rotatable bonds is 2. The normalized spacial score (nSPS) is 17.8. The standard InChI is InChI=1S/C8H12NO2/c1-9-7-5-6(10)3-4-8(7)11-2/h3,5,9-10H,4H2,1-2H3. The van der Waals surface area contributed by atoms with Gasteiger partial charge in [-0.15, -0.1) is 0 Å². The molecule has 0 aromatic carbocycles. The van der Waals surface area contributed by atoms with E-state index in [0.29, 0.717) is 6.42 Å². The Labute approximate surface area is 66.4 Å². The summed E-state index contributed by atoms with van der Waals surface area (Å²) >= 11 is 0. The first kappa shape index (κ1) is 7.98. The van der Waals surface area contributed by atoms with E-state index in [0.717, 1.165) is 11.5 Å². The predicted octanol–water partition coefficient (Wildman–Crippen LogP) is 1.11. The molecule has 0 amide bonds. The molecule has 0 saturated carbocycles.